The lowest BCUT2D eigenvalue weighted by atomic mass is 10.1. The van der Waals surface area contributed by atoms with Gasteiger partial charge in [0.15, 0.2) is 6.10 Å². The van der Waals surface area contributed by atoms with Gasteiger partial charge in [-0.05, 0) is 12.8 Å². The van der Waals surface area contributed by atoms with Gasteiger partial charge in [-0.2, -0.15) is 0 Å². The summed E-state index contributed by atoms with van der Waals surface area (Å²) >= 11 is 0. The quantitative estimate of drug-likeness (QED) is 0.0330. The standard InChI is InChI=1S/C35H64O7/c1-3-5-7-9-11-13-15-17-19-21-23-26-33(37)40-30-32(31-41-34(38)28-25-29-36)42-35(39)27-24-22-20-18-16-14-12-10-8-6-4-2/h29,32H,3-28,30-31H2,1-2H3. The van der Waals surface area contributed by atoms with Crippen molar-refractivity contribution in [1.82, 2.24) is 0 Å². The molecule has 1 atom stereocenters. The van der Waals surface area contributed by atoms with Crippen LogP contribution in [0.5, 0.6) is 0 Å². The Kier molecular flexibility index (Phi) is 30.5. The molecule has 0 bridgehead atoms. The first-order chi connectivity index (χ1) is 20.5. The Labute approximate surface area is 257 Å². The van der Waals surface area contributed by atoms with Gasteiger partial charge >= 0.3 is 17.9 Å². The molecule has 0 saturated carbocycles. The van der Waals surface area contributed by atoms with Crippen molar-refractivity contribution in [1.29, 1.82) is 0 Å². The van der Waals surface area contributed by atoms with E-state index < -0.39 is 12.1 Å². The fraction of sp³-hybridized carbons (Fsp3) is 0.886. The molecular weight excluding hydrogens is 532 g/mol. The number of ether oxygens (including phenoxy) is 3. The Balaban J connectivity index is 4.14. The highest BCUT2D eigenvalue weighted by Gasteiger charge is 2.19. The average molecular weight is 597 g/mol. The number of hydrogen-bond donors (Lipinski definition) is 0. The Morgan fingerprint density at radius 3 is 1.19 bits per heavy atom. The molecule has 1 unspecified atom stereocenters. The van der Waals surface area contributed by atoms with Crippen molar-refractivity contribution in [2.75, 3.05) is 13.2 Å². The fourth-order valence-corrected chi connectivity index (χ4v) is 4.92. The lowest BCUT2D eigenvalue weighted by Gasteiger charge is -2.18. The van der Waals surface area contributed by atoms with Crippen LogP contribution in [0.3, 0.4) is 0 Å². The number of hydrogen-bond acceptors (Lipinski definition) is 7. The molecule has 0 spiro atoms. The van der Waals surface area contributed by atoms with Crippen LogP contribution in [0.1, 0.15) is 181 Å². The monoisotopic (exact) mass is 596 g/mol. The molecule has 0 aromatic carbocycles. The first-order valence-electron chi connectivity index (χ1n) is 17.5. The second kappa shape index (κ2) is 32.0. The van der Waals surface area contributed by atoms with Crippen LogP contribution in [-0.4, -0.2) is 43.5 Å². The lowest BCUT2D eigenvalue weighted by Crippen LogP contribution is -2.30. The van der Waals surface area contributed by atoms with Crippen LogP contribution in [0.25, 0.3) is 0 Å². The van der Waals surface area contributed by atoms with Crippen LogP contribution in [0.2, 0.25) is 0 Å². The number of carbonyl (C=O) groups is 4. The van der Waals surface area contributed by atoms with E-state index in [4.69, 9.17) is 14.2 Å². The molecule has 0 aliphatic carbocycles. The number of aldehydes is 1. The minimum atomic E-state index is -0.841. The second-order valence-corrected chi connectivity index (χ2v) is 11.8. The maximum Gasteiger partial charge on any atom is 0.306 e. The maximum atomic E-state index is 12.4. The second-order valence-electron chi connectivity index (χ2n) is 11.8. The van der Waals surface area contributed by atoms with Gasteiger partial charge in [0.25, 0.3) is 0 Å². The van der Waals surface area contributed by atoms with E-state index in [1.165, 1.54) is 103 Å². The third-order valence-corrected chi connectivity index (χ3v) is 7.59. The molecule has 0 amide bonds. The molecule has 0 aliphatic rings. The highest BCUT2D eigenvalue weighted by atomic mass is 16.6. The molecule has 0 heterocycles. The van der Waals surface area contributed by atoms with Crippen molar-refractivity contribution >= 4 is 24.2 Å². The summed E-state index contributed by atoms with van der Waals surface area (Å²) in [6.07, 6.45) is 26.9. The van der Waals surface area contributed by atoms with E-state index in [0.717, 1.165) is 38.5 Å². The van der Waals surface area contributed by atoms with E-state index in [0.29, 0.717) is 19.1 Å². The molecule has 0 fully saturated rings. The summed E-state index contributed by atoms with van der Waals surface area (Å²) in [4.78, 5) is 47.0. The van der Waals surface area contributed by atoms with E-state index in [2.05, 4.69) is 13.8 Å². The summed E-state index contributed by atoms with van der Waals surface area (Å²) in [5, 5.41) is 0. The Morgan fingerprint density at radius 2 is 0.810 bits per heavy atom. The first kappa shape index (κ1) is 40.1. The van der Waals surface area contributed by atoms with Crippen LogP contribution < -0.4 is 0 Å². The zero-order valence-corrected chi connectivity index (χ0v) is 27.3. The summed E-state index contributed by atoms with van der Waals surface area (Å²) < 4.78 is 16.0. The molecule has 0 N–H and O–H groups in total. The van der Waals surface area contributed by atoms with Gasteiger partial charge in [-0.3, -0.25) is 14.4 Å². The summed E-state index contributed by atoms with van der Waals surface area (Å²) in [5.41, 5.74) is 0. The molecule has 7 nitrogen and oxygen atoms in total. The normalized spacial score (nSPS) is 11.7. The van der Waals surface area contributed by atoms with E-state index in [-0.39, 0.29) is 38.0 Å². The molecule has 0 radical (unpaired) electrons. The lowest BCUT2D eigenvalue weighted by molar-refractivity contribution is -0.167. The Hall–Kier alpha value is -1.92. The fourth-order valence-electron chi connectivity index (χ4n) is 4.92. The van der Waals surface area contributed by atoms with E-state index in [9.17, 15) is 19.2 Å². The molecule has 42 heavy (non-hydrogen) atoms. The van der Waals surface area contributed by atoms with Gasteiger partial charge in [0.1, 0.15) is 19.5 Å². The molecular formula is C35H64O7. The summed E-state index contributed by atoms with van der Waals surface area (Å²) in [5.74, 6) is -1.24. The third kappa shape index (κ3) is 29.6. The van der Waals surface area contributed by atoms with Gasteiger partial charge < -0.3 is 19.0 Å². The van der Waals surface area contributed by atoms with Crippen molar-refractivity contribution in [3.63, 3.8) is 0 Å². The zero-order chi connectivity index (χ0) is 30.9. The highest BCUT2D eigenvalue weighted by Crippen LogP contribution is 2.14. The molecule has 246 valence electrons. The van der Waals surface area contributed by atoms with E-state index in [1.807, 2.05) is 0 Å². The van der Waals surface area contributed by atoms with Crippen LogP contribution in [0.4, 0.5) is 0 Å². The van der Waals surface area contributed by atoms with Gasteiger partial charge in [-0.1, -0.05) is 142 Å². The Bertz CT molecular complexity index is 649. The highest BCUT2D eigenvalue weighted by molar-refractivity contribution is 5.72. The summed E-state index contributed by atoms with van der Waals surface area (Å²) in [6, 6.07) is 0. The van der Waals surface area contributed by atoms with Crippen molar-refractivity contribution in [2.45, 2.75) is 187 Å². The summed E-state index contributed by atoms with van der Waals surface area (Å²) in [6.45, 7) is 4.15. The van der Waals surface area contributed by atoms with Crippen LogP contribution in [-0.2, 0) is 33.4 Å². The number of carbonyl (C=O) groups excluding carboxylic acids is 4. The molecule has 0 aromatic rings. The van der Waals surface area contributed by atoms with Gasteiger partial charge in [-0.15, -0.1) is 0 Å². The van der Waals surface area contributed by atoms with Crippen molar-refractivity contribution in [3.8, 4) is 0 Å². The van der Waals surface area contributed by atoms with Gasteiger partial charge in [0, 0.05) is 19.3 Å². The zero-order valence-electron chi connectivity index (χ0n) is 27.3. The van der Waals surface area contributed by atoms with Crippen molar-refractivity contribution < 1.29 is 33.4 Å². The molecule has 0 aliphatic heterocycles. The molecule has 0 saturated heterocycles. The smallest absolute Gasteiger partial charge is 0.306 e. The third-order valence-electron chi connectivity index (χ3n) is 7.59. The van der Waals surface area contributed by atoms with Gasteiger partial charge in [-0.25, -0.2) is 0 Å². The molecule has 0 rings (SSSR count). The minimum absolute atomic E-state index is 0.0262. The number of unbranched alkanes of at least 4 members (excludes halogenated alkanes) is 20. The number of esters is 3. The van der Waals surface area contributed by atoms with Crippen molar-refractivity contribution in [2.24, 2.45) is 0 Å². The van der Waals surface area contributed by atoms with Crippen LogP contribution >= 0.6 is 0 Å². The first-order valence-corrected chi connectivity index (χ1v) is 17.5. The molecule has 7 heteroatoms. The van der Waals surface area contributed by atoms with Gasteiger partial charge in [0.2, 0.25) is 0 Å². The summed E-state index contributed by atoms with van der Waals surface area (Å²) in [7, 11) is 0. The SMILES string of the molecule is CCCCCCCCCCCCCC(=O)OCC(COC(=O)CCC=O)OC(=O)CCCCCCCCCCCCC. The molecule has 0 aromatic heterocycles. The van der Waals surface area contributed by atoms with Crippen LogP contribution in [0, 0.1) is 0 Å². The average Bonchev–Trinajstić information content (AvgIpc) is 2.98. The van der Waals surface area contributed by atoms with Gasteiger partial charge in [0.05, 0.1) is 6.42 Å². The largest absolute Gasteiger partial charge is 0.462 e. The van der Waals surface area contributed by atoms with Crippen molar-refractivity contribution in [3.05, 3.63) is 0 Å². The minimum Gasteiger partial charge on any atom is -0.462 e. The topological polar surface area (TPSA) is 96.0 Å². The number of rotatable bonds is 32. The predicted molar refractivity (Wildman–Crippen MR) is 169 cm³/mol. The van der Waals surface area contributed by atoms with E-state index in [1.54, 1.807) is 0 Å². The maximum absolute atomic E-state index is 12.4. The van der Waals surface area contributed by atoms with Crippen LogP contribution in [0.15, 0.2) is 0 Å². The van der Waals surface area contributed by atoms with E-state index >= 15 is 0 Å². The Morgan fingerprint density at radius 1 is 0.476 bits per heavy atom. The predicted octanol–water partition coefficient (Wildman–Crippen LogP) is 9.37.